The molecule has 0 aliphatic rings. The van der Waals surface area contributed by atoms with Gasteiger partial charge in [-0.1, -0.05) is 51.1 Å². The summed E-state index contributed by atoms with van der Waals surface area (Å²) in [5, 5.41) is 10.2. The van der Waals surface area contributed by atoms with E-state index in [0.29, 0.717) is 6.54 Å². The molecule has 1 rings (SSSR count). The molecule has 0 saturated carbocycles. The van der Waals surface area contributed by atoms with Gasteiger partial charge in [-0.25, -0.2) is 0 Å². The molecule has 20 heavy (non-hydrogen) atoms. The maximum absolute atomic E-state index is 10.2. The van der Waals surface area contributed by atoms with Crippen LogP contribution in [0.4, 0.5) is 0 Å². The number of aliphatic hydroxyl groups excluding tert-OH is 1. The minimum Gasteiger partial charge on any atom is -0.390 e. The van der Waals surface area contributed by atoms with Crippen molar-refractivity contribution in [3.63, 3.8) is 0 Å². The average Bonchev–Trinajstić information content (AvgIpc) is 2.26. The van der Waals surface area contributed by atoms with Crippen LogP contribution in [0.1, 0.15) is 26.3 Å². The van der Waals surface area contributed by atoms with Gasteiger partial charge in [0.2, 0.25) is 0 Å². The first-order chi connectivity index (χ1) is 9.26. The fraction of sp³-hybridized carbons (Fsp3) is 0.647. The van der Waals surface area contributed by atoms with Gasteiger partial charge in [-0.3, -0.25) is 4.90 Å². The second-order valence-electron chi connectivity index (χ2n) is 7.09. The van der Waals surface area contributed by atoms with Gasteiger partial charge in [-0.2, -0.15) is 0 Å². The van der Waals surface area contributed by atoms with Gasteiger partial charge in [0, 0.05) is 26.2 Å². The number of benzene rings is 1. The van der Waals surface area contributed by atoms with E-state index in [1.54, 1.807) is 0 Å². The van der Waals surface area contributed by atoms with Crippen LogP contribution in [0.15, 0.2) is 30.3 Å². The van der Waals surface area contributed by atoms with Crippen LogP contribution in [0.5, 0.6) is 0 Å². The van der Waals surface area contributed by atoms with Crippen molar-refractivity contribution >= 4 is 0 Å². The molecular weight excluding hydrogens is 248 g/mol. The molecule has 1 unspecified atom stereocenters. The second-order valence-corrected chi connectivity index (χ2v) is 7.09. The molecule has 0 saturated heterocycles. The summed E-state index contributed by atoms with van der Waals surface area (Å²) < 4.78 is 0. The monoisotopic (exact) mass is 278 g/mol. The van der Waals surface area contributed by atoms with E-state index in [4.69, 9.17) is 0 Å². The normalized spacial score (nSPS) is 14.0. The lowest BCUT2D eigenvalue weighted by Gasteiger charge is -2.29. The van der Waals surface area contributed by atoms with Crippen LogP contribution in [0.25, 0.3) is 0 Å². The maximum Gasteiger partial charge on any atom is 0.0793 e. The third kappa shape index (κ3) is 7.63. The highest BCUT2D eigenvalue weighted by Gasteiger charge is 2.17. The minimum atomic E-state index is -0.309. The van der Waals surface area contributed by atoms with Crippen molar-refractivity contribution in [2.75, 3.05) is 33.7 Å². The Bertz CT molecular complexity index is 372. The zero-order chi connectivity index (χ0) is 15.2. The highest BCUT2D eigenvalue weighted by atomic mass is 16.3. The topological polar surface area (TPSA) is 26.7 Å². The zero-order valence-electron chi connectivity index (χ0n) is 13.6. The molecule has 0 bridgehead atoms. The zero-order valence-corrected chi connectivity index (χ0v) is 13.6. The Labute approximate surface area is 124 Å². The number of likely N-dealkylation sites (N-methyl/N-ethyl adjacent to an activating group) is 2. The standard InChI is InChI=1S/C17H30N2O/c1-17(2,3)14-19(5)13-16(20)12-18(4)11-15-9-7-6-8-10-15/h6-10,16,20H,11-14H2,1-5H3. The Hall–Kier alpha value is -0.900. The van der Waals surface area contributed by atoms with Crippen LogP contribution in [0.3, 0.4) is 0 Å². The van der Waals surface area contributed by atoms with Crippen LogP contribution >= 0.6 is 0 Å². The Balaban J connectivity index is 2.32. The largest absolute Gasteiger partial charge is 0.390 e. The fourth-order valence-electron chi connectivity index (χ4n) is 2.61. The molecule has 0 aromatic heterocycles. The van der Waals surface area contributed by atoms with Gasteiger partial charge in [-0.15, -0.1) is 0 Å². The summed E-state index contributed by atoms with van der Waals surface area (Å²) in [6.45, 7) is 9.94. The van der Waals surface area contributed by atoms with Crippen molar-refractivity contribution in [3.8, 4) is 0 Å². The molecule has 1 atom stereocenters. The van der Waals surface area contributed by atoms with Crippen LogP contribution in [0.2, 0.25) is 0 Å². The third-order valence-corrected chi connectivity index (χ3v) is 3.08. The maximum atomic E-state index is 10.2. The summed E-state index contributed by atoms with van der Waals surface area (Å²) in [7, 11) is 4.13. The highest BCUT2D eigenvalue weighted by Crippen LogP contribution is 2.14. The molecule has 114 valence electrons. The highest BCUT2D eigenvalue weighted by molar-refractivity contribution is 5.14. The molecule has 3 heteroatoms. The molecule has 0 heterocycles. The lowest BCUT2D eigenvalue weighted by Crippen LogP contribution is -2.40. The first-order valence-electron chi connectivity index (χ1n) is 7.35. The SMILES string of the molecule is CN(Cc1ccccc1)CC(O)CN(C)CC(C)(C)C. The van der Waals surface area contributed by atoms with E-state index in [1.807, 2.05) is 6.07 Å². The van der Waals surface area contributed by atoms with Crippen molar-refractivity contribution in [2.24, 2.45) is 5.41 Å². The summed E-state index contributed by atoms with van der Waals surface area (Å²) in [6, 6.07) is 10.4. The van der Waals surface area contributed by atoms with Crippen molar-refractivity contribution in [1.29, 1.82) is 0 Å². The van der Waals surface area contributed by atoms with E-state index >= 15 is 0 Å². The fourth-order valence-corrected chi connectivity index (χ4v) is 2.61. The Morgan fingerprint density at radius 2 is 1.55 bits per heavy atom. The molecule has 0 aliphatic heterocycles. The smallest absolute Gasteiger partial charge is 0.0793 e. The molecule has 1 N–H and O–H groups in total. The summed E-state index contributed by atoms with van der Waals surface area (Å²) in [6.07, 6.45) is -0.309. The summed E-state index contributed by atoms with van der Waals surface area (Å²) >= 11 is 0. The van der Waals surface area contributed by atoms with Gasteiger partial charge in [0.1, 0.15) is 0 Å². The van der Waals surface area contributed by atoms with E-state index in [0.717, 1.165) is 19.6 Å². The van der Waals surface area contributed by atoms with Crippen molar-refractivity contribution < 1.29 is 5.11 Å². The van der Waals surface area contributed by atoms with Gasteiger partial charge in [0.15, 0.2) is 0 Å². The molecule has 0 amide bonds. The predicted molar refractivity (Wildman–Crippen MR) is 85.7 cm³/mol. The molecule has 0 radical (unpaired) electrons. The van der Waals surface area contributed by atoms with Gasteiger partial charge >= 0.3 is 0 Å². The van der Waals surface area contributed by atoms with Crippen LogP contribution in [0, 0.1) is 5.41 Å². The quantitative estimate of drug-likeness (QED) is 0.830. The number of rotatable bonds is 7. The van der Waals surface area contributed by atoms with E-state index < -0.39 is 0 Å². The predicted octanol–water partition coefficient (Wildman–Crippen LogP) is 2.46. The molecule has 0 fully saturated rings. The van der Waals surface area contributed by atoms with Crippen molar-refractivity contribution in [3.05, 3.63) is 35.9 Å². The van der Waals surface area contributed by atoms with E-state index in [2.05, 4.69) is 68.9 Å². The van der Waals surface area contributed by atoms with E-state index in [-0.39, 0.29) is 11.5 Å². The van der Waals surface area contributed by atoms with Crippen molar-refractivity contribution in [2.45, 2.75) is 33.4 Å². The summed E-state index contributed by atoms with van der Waals surface area (Å²) in [5.74, 6) is 0. The first kappa shape index (κ1) is 17.2. The first-order valence-corrected chi connectivity index (χ1v) is 7.35. The van der Waals surface area contributed by atoms with Gasteiger partial charge in [0.25, 0.3) is 0 Å². The molecular formula is C17H30N2O. The van der Waals surface area contributed by atoms with Crippen LogP contribution < -0.4 is 0 Å². The van der Waals surface area contributed by atoms with E-state index in [9.17, 15) is 5.11 Å². The molecule has 0 aliphatic carbocycles. The van der Waals surface area contributed by atoms with E-state index in [1.165, 1.54) is 5.56 Å². The lowest BCUT2D eigenvalue weighted by atomic mass is 9.96. The molecule has 1 aromatic rings. The molecule has 3 nitrogen and oxygen atoms in total. The molecule has 1 aromatic carbocycles. The number of aliphatic hydroxyl groups is 1. The Morgan fingerprint density at radius 1 is 1.00 bits per heavy atom. The Morgan fingerprint density at radius 3 is 2.10 bits per heavy atom. The van der Waals surface area contributed by atoms with Crippen molar-refractivity contribution in [1.82, 2.24) is 9.80 Å². The lowest BCUT2D eigenvalue weighted by molar-refractivity contribution is 0.0779. The van der Waals surface area contributed by atoms with Crippen LogP contribution in [-0.2, 0) is 6.54 Å². The van der Waals surface area contributed by atoms with Gasteiger partial charge < -0.3 is 10.0 Å². The van der Waals surface area contributed by atoms with Gasteiger partial charge in [-0.05, 0) is 25.1 Å². The Kier molecular flexibility index (Phi) is 6.66. The number of hydrogen-bond acceptors (Lipinski definition) is 3. The summed E-state index contributed by atoms with van der Waals surface area (Å²) in [4.78, 5) is 4.38. The third-order valence-electron chi connectivity index (χ3n) is 3.08. The summed E-state index contributed by atoms with van der Waals surface area (Å²) in [5.41, 5.74) is 1.55. The van der Waals surface area contributed by atoms with Crippen LogP contribution in [-0.4, -0.2) is 54.7 Å². The average molecular weight is 278 g/mol. The number of nitrogens with zero attached hydrogens (tertiary/aromatic N) is 2. The minimum absolute atomic E-state index is 0.268. The van der Waals surface area contributed by atoms with Gasteiger partial charge in [0.05, 0.1) is 6.10 Å². The second kappa shape index (κ2) is 7.77. The number of hydrogen-bond donors (Lipinski definition) is 1. The molecule has 0 spiro atoms.